The van der Waals surface area contributed by atoms with Gasteiger partial charge in [0.05, 0.1) is 18.4 Å². The van der Waals surface area contributed by atoms with Crippen LogP contribution < -0.4 is 10.6 Å². The molecule has 2 rings (SSSR count). The van der Waals surface area contributed by atoms with Crippen LogP contribution in [0.4, 0.5) is 23.7 Å². The summed E-state index contributed by atoms with van der Waals surface area (Å²) in [6.45, 7) is 1.21. The van der Waals surface area contributed by atoms with Crippen LogP contribution in [0, 0.1) is 5.82 Å². The van der Waals surface area contributed by atoms with Crippen molar-refractivity contribution in [3.8, 4) is 0 Å². The molecule has 0 saturated heterocycles. The number of carbonyl (C=O) groups is 1. The Morgan fingerprint density at radius 2 is 2.08 bits per heavy atom. The third-order valence-corrected chi connectivity index (χ3v) is 3.31. The van der Waals surface area contributed by atoms with Crippen LogP contribution in [-0.2, 0) is 5.60 Å². The van der Waals surface area contributed by atoms with Crippen LogP contribution >= 0.6 is 0 Å². The van der Waals surface area contributed by atoms with Crippen molar-refractivity contribution in [1.82, 2.24) is 10.3 Å². The number of rotatable bonds is 5. The molecule has 1 unspecified atom stereocenters. The van der Waals surface area contributed by atoms with E-state index in [1.165, 1.54) is 31.3 Å². The van der Waals surface area contributed by atoms with Crippen LogP contribution in [0.2, 0.25) is 0 Å². The second-order valence-corrected chi connectivity index (χ2v) is 5.40. The van der Waals surface area contributed by atoms with E-state index in [-0.39, 0.29) is 17.8 Å². The number of aromatic nitrogens is 1. The Hall–Kier alpha value is -2.61. The molecule has 0 saturated carbocycles. The summed E-state index contributed by atoms with van der Waals surface area (Å²) in [6.07, 6.45) is -0.477. The molecule has 0 aliphatic heterocycles. The molecule has 0 aliphatic carbocycles. The monoisotopic (exact) mass is 339 g/mol. The summed E-state index contributed by atoms with van der Waals surface area (Å²) in [6, 6.07) is 5.76. The molecule has 128 valence electrons. The summed E-state index contributed by atoms with van der Waals surface area (Å²) in [5, 5.41) is 15.1. The van der Waals surface area contributed by atoms with E-state index in [4.69, 9.17) is 0 Å². The average Bonchev–Trinajstić information content (AvgIpc) is 2.53. The molecule has 0 radical (unpaired) electrons. The van der Waals surface area contributed by atoms with Gasteiger partial charge in [-0.2, -0.15) is 0 Å². The Bertz CT molecular complexity index is 723. The first-order valence-electron chi connectivity index (χ1n) is 7.04. The summed E-state index contributed by atoms with van der Waals surface area (Å²) in [4.78, 5) is 15.4. The highest BCUT2D eigenvalue weighted by molar-refractivity contribution is 5.89. The lowest BCUT2D eigenvalue weighted by atomic mass is 9.96. The molecular formula is C16H16F3N3O2. The fourth-order valence-corrected chi connectivity index (χ4v) is 2.00. The number of benzene rings is 1. The molecule has 0 aliphatic rings. The lowest BCUT2D eigenvalue weighted by Crippen LogP contribution is -2.40. The molecule has 0 bridgehead atoms. The van der Waals surface area contributed by atoms with Gasteiger partial charge < -0.3 is 15.7 Å². The average molecular weight is 339 g/mol. The van der Waals surface area contributed by atoms with Crippen molar-refractivity contribution in [2.24, 2.45) is 0 Å². The van der Waals surface area contributed by atoms with Gasteiger partial charge in [0.1, 0.15) is 11.4 Å². The molecule has 1 atom stereocenters. The number of hydrogen-bond acceptors (Lipinski definition) is 3. The van der Waals surface area contributed by atoms with Crippen molar-refractivity contribution in [1.29, 1.82) is 0 Å². The number of aliphatic hydroxyl groups is 1. The molecule has 5 nitrogen and oxygen atoms in total. The fourth-order valence-electron chi connectivity index (χ4n) is 2.00. The highest BCUT2D eigenvalue weighted by atomic mass is 19.3. The van der Waals surface area contributed by atoms with Crippen LogP contribution in [0.25, 0.3) is 0 Å². The van der Waals surface area contributed by atoms with Gasteiger partial charge in [-0.1, -0.05) is 12.1 Å². The SMILES string of the molecule is CC(O)(CNC(=O)Nc1cncc(C(F)F)c1)c1cccc(F)c1. The number of amides is 2. The molecule has 0 fully saturated rings. The Balaban J connectivity index is 1.96. The molecule has 1 aromatic heterocycles. The van der Waals surface area contributed by atoms with E-state index >= 15 is 0 Å². The van der Waals surface area contributed by atoms with Gasteiger partial charge in [0.2, 0.25) is 0 Å². The lowest BCUT2D eigenvalue weighted by Gasteiger charge is -2.24. The zero-order chi connectivity index (χ0) is 17.7. The minimum Gasteiger partial charge on any atom is -0.384 e. The van der Waals surface area contributed by atoms with Crippen LogP contribution in [0.15, 0.2) is 42.7 Å². The second-order valence-electron chi connectivity index (χ2n) is 5.40. The number of alkyl halides is 2. The van der Waals surface area contributed by atoms with Gasteiger partial charge in [-0.15, -0.1) is 0 Å². The zero-order valence-electron chi connectivity index (χ0n) is 12.8. The van der Waals surface area contributed by atoms with Crippen molar-refractivity contribution >= 4 is 11.7 Å². The predicted octanol–water partition coefficient (Wildman–Crippen LogP) is 3.19. The Kier molecular flexibility index (Phi) is 5.40. The molecule has 24 heavy (non-hydrogen) atoms. The van der Waals surface area contributed by atoms with Crippen LogP contribution in [0.1, 0.15) is 24.5 Å². The first kappa shape index (κ1) is 17.7. The number of anilines is 1. The van der Waals surface area contributed by atoms with Crippen LogP contribution in [0.5, 0.6) is 0 Å². The highest BCUT2D eigenvalue weighted by Crippen LogP contribution is 2.21. The van der Waals surface area contributed by atoms with E-state index in [1.807, 2.05) is 0 Å². The molecule has 3 N–H and O–H groups in total. The number of nitrogens with zero attached hydrogens (tertiary/aromatic N) is 1. The Morgan fingerprint density at radius 3 is 2.75 bits per heavy atom. The van der Waals surface area contributed by atoms with Gasteiger partial charge in [0, 0.05) is 11.8 Å². The summed E-state index contributed by atoms with van der Waals surface area (Å²) < 4.78 is 38.4. The van der Waals surface area contributed by atoms with E-state index in [0.717, 1.165) is 18.3 Å². The van der Waals surface area contributed by atoms with Gasteiger partial charge in [-0.3, -0.25) is 4.98 Å². The maximum atomic E-state index is 13.2. The predicted molar refractivity (Wildman–Crippen MR) is 82.2 cm³/mol. The highest BCUT2D eigenvalue weighted by Gasteiger charge is 2.24. The van der Waals surface area contributed by atoms with Crippen molar-refractivity contribution < 1.29 is 23.1 Å². The number of halogens is 3. The number of urea groups is 1. The fraction of sp³-hybridized carbons (Fsp3) is 0.250. The van der Waals surface area contributed by atoms with Gasteiger partial charge in [-0.05, 0) is 30.7 Å². The van der Waals surface area contributed by atoms with E-state index in [2.05, 4.69) is 15.6 Å². The summed E-state index contributed by atoms with van der Waals surface area (Å²) in [5.41, 5.74) is -1.43. The summed E-state index contributed by atoms with van der Waals surface area (Å²) >= 11 is 0. The van der Waals surface area contributed by atoms with Crippen molar-refractivity contribution in [3.05, 3.63) is 59.7 Å². The molecule has 2 aromatic rings. The molecule has 2 amide bonds. The van der Waals surface area contributed by atoms with Crippen molar-refractivity contribution in [2.45, 2.75) is 19.0 Å². The van der Waals surface area contributed by atoms with Gasteiger partial charge in [0.25, 0.3) is 6.43 Å². The Labute approximate surface area is 136 Å². The molecule has 1 aromatic carbocycles. The minimum absolute atomic E-state index is 0.0932. The van der Waals surface area contributed by atoms with E-state index < -0.39 is 23.9 Å². The third-order valence-electron chi connectivity index (χ3n) is 3.31. The van der Waals surface area contributed by atoms with E-state index in [0.29, 0.717) is 5.56 Å². The first-order chi connectivity index (χ1) is 11.3. The number of hydrogen-bond donors (Lipinski definition) is 3. The second kappa shape index (κ2) is 7.31. The van der Waals surface area contributed by atoms with E-state index in [1.54, 1.807) is 0 Å². The van der Waals surface area contributed by atoms with Crippen molar-refractivity contribution in [3.63, 3.8) is 0 Å². The molecular weight excluding hydrogens is 323 g/mol. The maximum Gasteiger partial charge on any atom is 0.319 e. The molecule has 1 heterocycles. The quantitative estimate of drug-likeness (QED) is 0.783. The number of nitrogens with one attached hydrogen (secondary N) is 2. The van der Waals surface area contributed by atoms with Crippen LogP contribution in [-0.4, -0.2) is 22.7 Å². The topological polar surface area (TPSA) is 74.2 Å². The number of pyridine rings is 1. The van der Waals surface area contributed by atoms with Gasteiger partial charge in [-0.25, -0.2) is 18.0 Å². The minimum atomic E-state index is -2.70. The number of carbonyl (C=O) groups excluding carboxylic acids is 1. The zero-order valence-corrected chi connectivity index (χ0v) is 12.8. The summed E-state index contributed by atoms with van der Waals surface area (Å²) in [7, 11) is 0. The van der Waals surface area contributed by atoms with E-state index in [9.17, 15) is 23.1 Å². The lowest BCUT2D eigenvalue weighted by molar-refractivity contribution is 0.0596. The molecule has 8 heteroatoms. The smallest absolute Gasteiger partial charge is 0.319 e. The molecule has 0 spiro atoms. The Morgan fingerprint density at radius 1 is 1.33 bits per heavy atom. The van der Waals surface area contributed by atoms with Gasteiger partial charge >= 0.3 is 6.03 Å². The normalized spacial score (nSPS) is 13.4. The van der Waals surface area contributed by atoms with Crippen LogP contribution in [0.3, 0.4) is 0 Å². The van der Waals surface area contributed by atoms with Crippen molar-refractivity contribution in [2.75, 3.05) is 11.9 Å². The maximum absolute atomic E-state index is 13.2. The first-order valence-corrected chi connectivity index (χ1v) is 7.04. The standard InChI is InChI=1S/C16H16F3N3O2/c1-16(24,11-3-2-4-12(17)6-11)9-21-15(23)22-13-5-10(14(18)19)7-20-8-13/h2-8,14,24H,9H2,1H3,(H2,21,22,23). The third kappa shape index (κ3) is 4.69. The summed E-state index contributed by atoms with van der Waals surface area (Å²) in [5.74, 6) is -0.507. The largest absolute Gasteiger partial charge is 0.384 e. The van der Waals surface area contributed by atoms with Gasteiger partial charge in [0.15, 0.2) is 0 Å².